The molecule has 5 heteroatoms. The van der Waals surface area contributed by atoms with E-state index in [0.29, 0.717) is 24.0 Å². The van der Waals surface area contributed by atoms with Crippen molar-refractivity contribution in [3.05, 3.63) is 23.9 Å². The van der Waals surface area contributed by atoms with Gasteiger partial charge in [-0.25, -0.2) is 4.98 Å². The lowest BCUT2D eigenvalue weighted by atomic mass is 9.86. The molecule has 22 heavy (non-hydrogen) atoms. The number of carbonyl (C=O) groups excluding carboxylic acids is 1. The van der Waals surface area contributed by atoms with E-state index in [2.05, 4.69) is 17.2 Å². The molecule has 0 bridgehead atoms. The summed E-state index contributed by atoms with van der Waals surface area (Å²) in [6.07, 6.45) is 7.27. The van der Waals surface area contributed by atoms with Crippen molar-refractivity contribution in [1.29, 1.82) is 0 Å². The molecular formula is C17H24N2O3. The zero-order chi connectivity index (χ0) is 15.4. The molecule has 1 saturated heterocycles. The van der Waals surface area contributed by atoms with Gasteiger partial charge in [0.25, 0.3) is 5.91 Å². The lowest BCUT2D eigenvalue weighted by Gasteiger charge is -2.29. The molecule has 3 rings (SSSR count). The molecule has 2 heterocycles. The smallest absolute Gasteiger partial charge is 0.251 e. The number of carbonyl (C=O) groups is 1. The summed E-state index contributed by atoms with van der Waals surface area (Å²) < 4.78 is 11.0. The number of nitrogens with zero attached hydrogens (tertiary/aromatic N) is 1. The number of pyridine rings is 1. The molecule has 1 aromatic heterocycles. The standard InChI is InChI=1S/C17H24N2O3/c1-12-4-2-3-5-15(12)19-17(20)13-6-8-18-16(10-13)22-14-7-9-21-11-14/h6,8,10,12,14-15H,2-5,7,9,11H2,1H3,(H,19,20). The first-order valence-electron chi connectivity index (χ1n) is 8.23. The first kappa shape index (κ1) is 15.3. The molecule has 1 aliphatic heterocycles. The Bertz CT molecular complexity index is 514. The van der Waals surface area contributed by atoms with E-state index >= 15 is 0 Å². The Morgan fingerprint density at radius 1 is 1.36 bits per heavy atom. The van der Waals surface area contributed by atoms with E-state index in [1.807, 2.05) is 0 Å². The molecule has 3 atom stereocenters. The van der Waals surface area contributed by atoms with Gasteiger partial charge in [0.1, 0.15) is 6.10 Å². The number of rotatable bonds is 4. The van der Waals surface area contributed by atoms with Crippen LogP contribution in [0.25, 0.3) is 0 Å². The van der Waals surface area contributed by atoms with Crippen molar-refractivity contribution >= 4 is 5.91 Å². The van der Waals surface area contributed by atoms with E-state index in [1.165, 1.54) is 19.3 Å². The van der Waals surface area contributed by atoms with Crippen LogP contribution in [0.2, 0.25) is 0 Å². The van der Waals surface area contributed by atoms with Gasteiger partial charge in [0.2, 0.25) is 5.88 Å². The predicted molar refractivity (Wildman–Crippen MR) is 83.0 cm³/mol. The Kier molecular flexibility index (Phi) is 4.93. The van der Waals surface area contributed by atoms with Crippen molar-refractivity contribution in [2.75, 3.05) is 13.2 Å². The highest BCUT2D eigenvalue weighted by molar-refractivity contribution is 5.94. The van der Waals surface area contributed by atoms with Crippen LogP contribution in [0.5, 0.6) is 5.88 Å². The number of nitrogens with one attached hydrogen (secondary N) is 1. The molecule has 0 radical (unpaired) electrons. The summed E-state index contributed by atoms with van der Waals surface area (Å²) in [5, 5.41) is 3.16. The number of ether oxygens (including phenoxy) is 2. The van der Waals surface area contributed by atoms with Gasteiger partial charge < -0.3 is 14.8 Å². The van der Waals surface area contributed by atoms with Gasteiger partial charge in [-0.1, -0.05) is 19.8 Å². The second-order valence-electron chi connectivity index (χ2n) is 6.33. The van der Waals surface area contributed by atoms with Crippen LogP contribution < -0.4 is 10.1 Å². The minimum atomic E-state index is -0.0336. The molecule has 3 unspecified atom stereocenters. The van der Waals surface area contributed by atoms with Crippen molar-refractivity contribution in [3.63, 3.8) is 0 Å². The average Bonchev–Trinajstić information content (AvgIpc) is 3.03. The highest BCUT2D eigenvalue weighted by atomic mass is 16.5. The number of hydrogen-bond donors (Lipinski definition) is 1. The van der Waals surface area contributed by atoms with Crippen molar-refractivity contribution < 1.29 is 14.3 Å². The van der Waals surface area contributed by atoms with Gasteiger partial charge in [0, 0.05) is 30.3 Å². The summed E-state index contributed by atoms with van der Waals surface area (Å²) in [4.78, 5) is 16.6. The summed E-state index contributed by atoms with van der Waals surface area (Å²) in [5.74, 6) is 1.01. The van der Waals surface area contributed by atoms with E-state index in [4.69, 9.17) is 9.47 Å². The van der Waals surface area contributed by atoms with Crippen LogP contribution in [0.3, 0.4) is 0 Å². The van der Waals surface area contributed by atoms with E-state index in [1.54, 1.807) is 18.3 Å². The monoisotopic (exact) mass is 304 g/mol. The topological polar surface area (TPSA) is 60.5 Å². The molecule has 5 nitrogen and oxygen atoms in total. The number of amides is 1. The predicted octanol–water partition coefficient (Wildman–Crippen LogP) is 2.56. The number of aromatic nitrogens is 1. The molecule has 1 saturated carbocycles. The van der Waals surface area contributed by atoms with Gasteiger partial charge >= 0.3 is 0 Å². The summed E-state index contributed by atoms with van der Waals surface area (Å²) >= 11 is 0. The van der Waals surface area contributed by atoms with Crippen molar-refractivity contribution in [2.45, 2.75) is 51.2 Å². The Labute approximate surface area is 131 Å². The van der Waals surface area contributed by atoms with E-state index in [9.17, 15) is 4.79 Å². The molecule has 2 aliphatic rings. The van der Waals surface area contributed by atoms with Crippen LogP contribution in [-0.4, -0.2) is 36.3 Å². The summed E-state index contributed by atoms with van der Waals surface area (Å²) in [5.41, 5.74) is 0.613. The minimum absolute atomic E-state index is 0.0336. The minimum Gasteiger partial charge on any atom is -0.472 e. The molecule has 1 aromatic rings. The Morgan fingerprint density at radius 2 is 2.23 bits per heavy atom. The highest BCUT2D eigenvalue weighted by Gasteiger charge is 2.24. The van der Waals surface area contributed by atoms with Crippen LogP contribution in [0.15, 0.2) is 18.3 Å². The quantitative estimate of drug-likeness (QED) is 0.928. The van der Waals surface area contributed by atoms with Crippen molar-refractivity contribution in [2.24, 2.45) is 5.92 Å². The Balaban J connectivity index is 1.61. The second kappa shape index (κ2) is 7.09. The summed E-state index contributed by atoms with van der Waals surface area (Å²) in [6.45, 7) is 3.54. The van der Waals surface area contributed by atoms with E-state index in [-0.39, 0.29) is 18.1 Å². The van der Waals surface area contributed by atoms with Gasteiger partial charge in [0.15, 0.2) is 0 Å². The van der Waals surface area contributed by atoms with Crippen molar-refractivity contribution in [3.8, 4) is 5.88 Å². The maximum absolute atomic E-state index is 12.4. The third kappa shape index (κ3) is 3.77. The fourth-order valence-corrected chi connectivity index (χ4v) is 3.17. The summed E-state index contributed by atoms with van der Waals surface area (Å²) in [7, 11) is 0. The first-order chi connectivity index (χ1) is 10.7. The summed E-state index contributed by atoms with van der Waals surface area (Å²) in [6, 6.07) is 3.74. The third-order valence-corrected chi connectivity index (χ3v) is 4.60. The first-order valence-corrected chi connectivity index (χ1v) is 8.23. The zero-order valence-corrected chi connectivity index (χ0v) is 13.1. The maximum atomic E-state index is 12.4. The van der Waals surface area contributed by atoms with Crippen LogP contribution in [-0.2, 0) is 4.74 Å². The zero-order valence-electron chi connectivity index (χ0n) is 13.1. The largest absolute Gasteiger partial charge is 0.472 e. The van der Waals surface area contributed by atoms with E-state index < -0.39 is 0 Å². The molecule has 1 N–H and O–H groups in total. The van der Waals surface area contributed by atoms with Crippen LogP contribution in [0.1, 0.15) is 49.4 Å². The van der Waals surface area contributed by atoms with E-state index in [0.717, 1.165) is 19.4 Å². The molecule has 1 aliphatic carbocycles. The molecule has 120 valence electrons. The Hall–Kier alpha value is -1.62. The maximum Gasteiger partial charge on any atom is 0.251 e. The second-order valence-corrected chi connectivity index (χ2v) is 6.33. The molecule has 2 fully saturated rings. The van der Waals surface area contributed by atoms with Gasteiger partial charge in [-0.3, -0.25) is 4.79 Å². The van der Waals surface area contributed by atoms with Gasteiger partial charge in [0.05, 0.1) is 13.2 Å². The van der Waals surface area contributed by atoms with Crippen molar-refractivity contribution in [1.82, 2.24) is 10.3 Å². The highest BCUT2D eigenvalue weighted by Crippen LogP contribution is 2.24. The fraction of sp³-hybridized carbons (Fsp3) is 0.647. The molecular weight excluding hydrogens is 280 g/mol. The van der Waals surface area contributed by atoms with Gasteiger partial charge in [-0.05, 0) is 24.8 Å². The Morgan fingerprint density at radius 3 is 3.00 bits per heavy atom. The lowest BCUT2D eigenvalue weighted by molar-refractivity contribution is 0.0909. The fourth-order valence-electron chi connectivity index (χ4n) is 3.17. The van der Waals surface area contributed by atoms with Crippen LogP contribution in [0, 0.1) is 5.92 Å². The van der Waals surface area contributed by atoms with Gasteiger partial charge in [-0.2, -0.15) is 0 Å². The average molecular weight is 304 g/mol. The van der Waals surface area contributed by atoms with Crippen LogP contribution >= 0.6 is 0 Å². The molecule has 0 aromatic carbocycles. The molecule has 1 amide bonds. The lowest BCUT2D eigenvalue weighted by Crippen LogP contribution is -2.41. The normalized spacial score (nSPS) is 28.3. The number of hydrogen-bond acceptors (Lipinski definition) is 4. The third-order valence-electron chi connectivity index (χ3n) is 4.60. The van der Waals surface area contributed by atoms with Crippen LogP contribution in [0.4, 0.5) is 0 Å². The SMILES string of the molecule is CC1CCCCC1NC(=O)c1ccnc(OC2CCOC2)c1. The molecule has 0 spiro atoms. The van der Waals surface area contributed by atoms with Gasteiger partial charge in [-0.15, -0.1) is 0 Å².